The third kappa shape index (κ3) is 4.82. The lowest BCUT2D eigenvalue weighted by atomic mass is 10.1. The average Bonchev–Trinajstić information content (AvgIpc) is 2.64. The molecule has 26 heavy (non-hydrogen) atoms. The van der Waals surface area contributed by atoms with Crippen LogP contribution in [0, 0.1) is 11.3 Å². The first kappa shape index (κ1) is 17.9. The van der Waals surface area contributed by atoms with Crippen LogP contribution in [0.25, 0.3) is 0 Å². The molecule has 2 N–H and O–H groups in total. The first-order valence-corrected chi connectivity index (χ1v) is 8.54. The van der Waals surface area contributed by atoms with E-state index in [1.54, 1.807) is 30.3 Å². The second-order valence-corrected chi connectivity index (χ2v) is 6.24. The van der Waals surface area contributed by atoms with Gasteiger partial charge in [0.05, 0.1) is 17.8 Å². The van der Waals surface area contributed by atoms with Crippen molar-refractivity contribution in [2.45, 2.75) is 6.42 Å². The molecule has 2 aromatic carbocycles. The average molecular weight is 385 g/mol. The zero-order valence-corrected chi connectivity index (χ0v) is 15.1. The first-order valence-electron chi connectivity index (χ1n) is 7.79. The molecule has 0 unspecified atom stereocenters. The highest BCUT2D eigenvalue weighted by molar-refractivity contribution is 6.35. The molecule has 0 spiro atoms. The summed E-state index contributed by atoms with van der Waals surface area (Å²) >= 11 is 12.1. The summed E-state index contributed by atoms with van der Waals surface area (Å²) in [6.07, 6.45) is 2.21. The SMILES string of the molecule is N#Cc1cccc(Nc2cnnc(NCCc3ccc(Cl)cc3Cl)n2)c1. The van der Waals surface area contributed by atoms with Gasteiger partial charge in [0.15, 0.2) is 5.82 Å². The molecule has 8 heteroatoms. The van der Waals surface area contributed by atoms with Crippen molar-refractivity contribution in [3.63, 3.8) is 0 Å². The smallest absolute Gasteiger partial charge is 0.244 e. The van der Waals surface area contributed by atoms with Crippen molar-refractivity contribution < 1.29 is 0 Å². The van der Waals surface area contributed by atoms with Crippen LogP contribution in [-0.4, -0.2) is 21.7 Å². The molecule has 130 valence electrons. The van der Waals surface area contributed by atoms with Gasteiger partial charge in [-0.3, -0.25) is 0 Å². The molecule has 0 atom stereocenters. The summed E-state index contributed by atoms with van der Waals surface area (Å²) in [5.41, 5.74) is 2.30. The molecule has 6 nitrogen and oxygen atoms in total. The number of nitrogens with one attached hydrogen (secondary N) is 2. The highest BCUT2D eigenvalue weighted by Gasteiger charge is 2.04. The van der Waals surface area contributed by atoms with Crippen LogP contribution in [0.1, 0.15) is 11.1 Å². The molecule has 1 aromatic heterocycles. The van der Waals surface area contributed by atoms with Gasteiger partial charge in [-0.05, 0) is 42.3 Å². The minimum absolute atomic E-state index is 0.400. The molecular formula is C18H14Cl2N6. The molecule has 0 saturated carbocycles. The molecular weight excluding hydrogens is 371 g/mol. The number of halogens is 2. The van der Waals surface area contributed by atoms with E-state index in [9.17, 15) is 0 Å². The fraction of sp³-hybridized carbons (Fsp3) is 0.111. The van der Waals surface area contributed by atoms with E-state index in [0.29, 0.717) is 40.3 Å². The van der Waals surface area contributed by atoms with E-state index in [4.69, 9.17) is 28.5 Å². The van der Waals surface area contributed by atoms with E-state index in [2.05, 4.69) is 31.9 Å². The largest absolute Gasteiger partial charge is 0.353 e. The number of hydrogen-bond acceptors (Lipinski definition) is 6. The molecule has 3 rings (SSSR count). The zero-order chi connectivity index (χ0) is 18.4. The normalized spacial score (nSPS) is 10.2. The fourth-order valence-corrected chi connectivity index (χ4v) is 2.79. The van der Waals surface area contributed by atoms with Crippen LogP contribution >= 0.6 is 23.2 Å². The number of nitriles is 1. The van der Waals surface area contributed by atoms with Crippen LogP contribution in [-0.2, 0) is 6.42 Å². The summed E-state index contributed by atoms with van der Waals surface area (Å²) in [7, 11) is 0. The predicted molar refractivity (Wildman–Crippen MR) is 103 cm³/mol. The van der Waals surface area contributed by atoms with Gasteiger partial charge in [-0.15, -0.1) is 5.10 Å². The van der Waals surface area contributed by atoms with E-state index < -0.39 is 0 Å². The fourth-order valence-electron chi connectivity index (χ4n) is 2.29. The van der Waals surface area contributed by atoms with E-state index >= 15 is 0 Å². The van der Waals surface area contributed by atoms with Crippen LogP contribution in [0.5, 0.6) is 0 Å². The molecule has 0 amide bonds. The lowest BCUT2D eigenvalue weighted by molar-refractivity contribution is 0.929. The minimum atomic E-state index is 0.400. The number of benzene rings is 2. The van der Waals surface area contributed by atoms with E-state index in [1.165, 1.54) is 6.20 Å². The lowest BCUT2D eigenvalue weighted by Gasteiger charge is -2.08. The molecule has 0 aliphatic carbocycles. The van der Waals surface area contributed by atoms with Crippen LogP contribution in [0.15, 0.2) is 48.7 Å². The second kappa shape index (κ2) is 8.48. The summed E-state index contributed by atoms with van der Waals surface area (Å²) in [5.74, 6) is 0.929. The van der Waals surface area contributed by atoms with Crippen molar-refractivity contribution >= 4 is 40.7 Å². The molecule has 3 aromatic rings. The summed E-state index contributed by atoms with van der Waals surface area (Å²) in [6, 6.07) is 14.6. The Morgan fingerprint density at radius 3 is 2.81 bits per heavy atom. The Balaban J connectivity index is 1.61. The van der Waals surface area contributed by atoms with Crippen molar-refractivity contribution in [1.29, 1.82) is 5.26 Å². The summed E-state index contributed by atoms with van der Waals surface area (Å²) in [4.78, 5) is 4.36. The van der Waals surface area contributed by atoms with Gasteiger partial charge in [0.25, 0.3) is 0 Å². The van der Waals surface area contributed by atoms with Crippen LogP contribution < -0.4 is 10.6 Å². The number of nitrogens with zero attached hydrogens (tertiary/aromatic N) is 4. The molecule has 0 aliphatic rings. The maximum atomic E-state index is 8.96. The van der Waals surface area contributed by atoms with Crippen LogP contribution in [0.3, 0.4) is 0 Å². The molecule has 0 fully saturated rings. The number of aromatic nitrogens is 3. The number of anilines is 3. The van der Waals surface area contributed by atoms with Gasteiger partial charge in [0.2, 0.25) is 5.95 Å². The van der Waals surface area contributed by atoms with Gasteiger partial charge >= 0.3 is 0 Å². The quantitative estimate of drug-likeness (QED) is 0.652. The van der Waals surface area contributed by atoms with Crippen LogP contribution in [0.4, 0.5) is 17.5 Å². The zero-order valence-electron chi connectivity index (χ0n) is 13.6. The van der Waals surface area contributed by atoms with Crippen molar-refractivity contribution in [3.05, 3.63) is 69.8 Å². The van der Waals surface area contributed by atoms with E-state index in [0.717, 1.165) is 11.3 Å². The highest BCUT2D eigenvalue weighted by Crippen LogP contribution is 2.21. The summed E-state index contributed by atoms with van der Waals surface area (Å²) in [5, 5.41) is 24.3. The van der Waals surface area contributed by atoms with Crippen LogP contribution in [0.2, 0.25) is 10.0 Å². The molecule has 0 aliphatic heterocycles. The standard InChI is InChI=1S/C18H14Cl2N6/c19-14-5-4-13(16(20)9-14)6-7-22-18-25-17(11-23-26-18)24-15-3-1-2-12(8-15)10-21/h1-5,8-9,11H,6-7H2,(H2,22,24,25,26). The molecule has 0 bridgehead atoms. The Labute approximate surface area is 160 Å². The van der Waals surface area contributed by atoms with Crippen molar-refractivity contribution in [3.8, 4) is 6.07 Å². The summed E-state index contributed by atoms with van der Waals surface area (Å²) in [6.45, 7) is 0.594. The second-order valence-electron chi connectivity index (χ2n) is 5.40. The van der Waals surface area contributed by atoms with E-state index in [-0.39, 0.29) is 0 Å². The highest BCUT2D eigenvalue weighted by atomic mass is 35.5. The van der Waals surface area contributed by atoms with Gasteiger partial charge < -0.3 is 10.6 Å². The van der Waals surface area contributed by atoms with Gasteiger partial charge in [-0.25, -0.2) is 0 Å². The monoisotopic (exact) mass is 384 g/mol. The Morgan fingerprint density at radius 1 is 1.12 bits per heavy atom. The maximum absolute atomic E-state index is 8.96. The van der Waals surface area contributed by atoms with Crippen molar-refractivity contribution in [1.82, 2.24) is 15.2 Å². The topological polar surface area (TPSA) is 86.5 Å². The van der Waals surface area contributed by atoms with Gasteiger partial charge in [0.1, 0.15) is 0 Å². The number of hydrogen-bond donors (Lipinski definition) is 2. The Hall–Kier alpha value is -2.88. The number of rotatable bonds is 6. The van der Waals surface area contributed by atoms with Gasteiger partial charge in [-0.2, -0.15) is 15.3 Å². The Kier molecular flexibility index (Phi) is 5.84. The summed E-state index contributed by atoms with van der Waals surface area (Å²) < 4.78 is 0. The van der Waals surface area contributed by atoms with E-state index in [1.807, 2.05) is 12.1 Å². The lowest BCUT2D eigenvalue weighted by Crippen LogP contribution is -2.10. The minimum Gasteiger partial charge on any atom is -0.353 e. The maximum Gasteiger partial charge on any atom is 0.244 e. The van der Waals surface area contributed by atoms with Gasteiger partial charge in [0, 0.05) is 22.3 Å². The third-order valence-electron chi connectivity index (χ3n) is 3.52. The molecule has 1 heterocycles. The van der Waals surface area contributed by atoms with Crippen molar-refractivity contribution in [2.24, 2.45) is 0 Å². The van der Waals surface area contributed by atoms with Gasteiger partial charge in [-0.1, -0.05) is 35.3 Å². The third-order valence-corrected chi connectivity index (χ3v) is 4.10. The predicted octanol–water partition coefficient (Wildman–Crippen LogP) is 4.45. The Bertz CT molecular complexity index is 954. The van der Waals surface area contributed by atoms with Crippen molar-refractivity contribution in [2.75, 3.05) is 17.2 Å². The molecule has 0 radical (unpaired) electrons. The Morgan fingerprint density at radius 2 is 2.00 bits per heavy atom. The molecule has 0 saturated heterocycles. The first-order chi connectivity index (χ1) is 12.6.